The summed E-state index contributed by atoms with van der Waals surface area (Å²) in [6.07, 6.45) is 2.30. The van der Waals surface area contributed by atoms with Crippen LogP contribution in [0.5, 0.6) is 0 Å². The largest absolute Gasteiger partial charge is 0.353 e. The summed E-state index contributed by atoms with van der Waals surface area (Å²) in [5, 5.41) is 5.56. The molecule has 0 heterocycles. The summed E-state index contributed by atoms with van der Waals surface area (Å²) in [4.78, 5) is 23.0. The van der Waals surface area contributed by atoms with Crippen molar-refractivity contribution in [1.29, 1.82) is 0 Å². The van der Waals surface area contributed by atoms with Crippen LogP contribution in [0.15, 0.2) is 24.3 Å². The van der Waals surface area contributed by atoms with Gasteiger partial charge in [0.1, 0.15) is 0 Å². The van der Waals surface area contributed by atoms with Crippen molar-refractivity contribution in [1.82, 2.24) is 10.6 Å². The number of rotatable bonds is 5. The monoisotopic (exact) mass is 261 g/mol. The van der Waals surface area contributed by atoms with Gasteiger partial charge >= 0.3 is 6.03 Å². The van der Waals surface area contributed by atoms with Crippen molar-refractivity contribution < 1.29 is 9.59 Å². The molecule has 5 nitrogen and oxygen atoms in total. The third-order valence-electron chi connectivity index (χ3n) is 3.21. The second-order valence-electron chi connectivity index (χ2n) is 4.96. The fourth-order valence-corrected chi connectivity index (χ4v) is 2.09. The van der Waals surface area contributed by atoms with E-state index >= 15 is 0 Å². The van der Waals surface area contributed by atoms with Crippen LogP contribution in [0.2, 0.25) is 0 Å². The minimum Gasteiger partial charge on any atom is -0.353 e. The molecule has 0 spiro atoms. The highest BCUT2D eigenvalue weighted by Crippen LogP contribution is 2.23. The Bertz CT molecular complexity index is 483. The van der Waals surface area contributed by atoms with Crippen molar-refractivity contribution in [3.05, 3.63) is 35.4 Å². The topological polar surface area (TPSA) is 84.2 Å². The highest BCUT2D eigenvalue weighted by molar-refractivity contribution is 5.79. The molecule has 0 unspecified atom stereocenters. The summed E-state index contributed by atoms with van der Waals surface area (Å²) in [6, 6.07) is 6.98. The van der Waals surface area contributed by atoms with Crippen LogP contribution in [0.1, 0.15) is 36.4 Å². The Morgan fingerprint density at radius 2 is 2.05 bits per heavy atom. The van der Waals surface area contributed by atoms with Gasteiger partial charge in [0.25, 0.3) is 0 Å². The quantitative estimate of drug-likeness (QED) is 0.748. The van der Waals surface area contributed by atoms with Gasteiger partial charge < -0.3 is 16.4 Å². The number of primary amides is 1. The zero-order chi connectivity index (χ0) is 13.8. The van der Waals surface area contributed by atoms with Gasteiger partial charge in [-0.3, -0.25) is 4.79 Å². The Morgan fingerprint density at radius 1 is 1.37 bits per heavy atom. The second kappa shape index (κ2) is 5.73. The van der Waals surface area contributed by atoms with E-state index in [2.05, 4.69) is 10.6 Å². The number of carbonyl (C=O) groups is 2. The van der Waals surface area contributed by atoms with Crippen molar-refractivity contribution in [3.8, 4) is 0 Å². The van der Waals surface area contributed by atoms with Gasteiger partial charge in [0.15, 0.2) is 0 Å². The molecule has 1 aliphatic rings. The molecular formula is C14H19N3O2. The number of amides is 3. The van der Waals surface area contributed by atoms with E-state index in [1.807, 2.05) is 31.2 Å². The maximum Gasteiger partial charge on any atom is 0.312 e. The first-order valence-corrected chi connectivity index (χ1v) is 6.47. The molecule has 1 aromatic rings. The van der Waals surface area contributed by atoms with Gasteiger partial charge in [0.05, 0.1) is 12.5 Å². The molecule has 2 rings (SSSR count). The number of hydrogen-bond acceptors (Lipinski definition) is 2. The van der Waals surface area contributed by atoms with Crippen LogP contribution in [0, 0.1) is 6.92 Å². The molecule has 5 heteroatoms. The van der Waals surface area contributed by atoms with Gasteiger partial charge in [-0.05, 0) is 30.9 Å². The van der Waals surface area contributed by atoms with Crippen LogP contribution in [0.4, 0.5) is 4.79 Å². The lowest BCUT2D eigenvalue weighted by atomic mass is 9.98. The first-order chi connectivity index (χ1) is 9.06. The van der Waals surface area contributed by atoms with Crippen LogP contribution in [-0.4, -0.2) is 18.0 Å². The summed E-state index contributed by atoms with van der Waals surface area (Å²) < 4.78 is 0. The molecule has 4 N–H and O–H groups in total. The van der Waals surface area contributed by atoms with Crippen molar-refractivity contribution in [2.75, 3.05) is 0 Å². The maximum absolute atomic E-state index is 11.9. The standard InChI is InChI=1S/C14H19N3O2/c1-9-4-2-3-5-11(9)12(17-14(15)19)8-13(18)16-10-6-7-10/h2-5,10,12H,6-8H2,1H3,(H,16,18)(H3,15,17,19)/t12-/m0/s1. The van der Waals surface area contributed by atoms with Gasteiger partial charge in [-0.15, -0.1) is 0 Å². The molecule has 1 aliphatic carbocycles. The van der Waals surface area contributed by atoms with E-state index in [4.69, 9.17) is 5.73 Å². The Kier molecular flexibility index (Phi) is 4.04. The number of carbonyl (C=O) groups excluding carboxylic acids is 2. The van der Waals surface area contributed by atoms with Crippen molar-refractivity contribution in [3.63, 3.8) is 0 Å². The molecule has 0 radical (unpaired) electrons. The molecule has 0 saturated heterocycles. The predicted octanol–water partition coefficient (Wildman–Crippen LogP) is 1.37. The Labute approximate surface area is 112 Å². The van der Waals surface area contributed by atoms with Crippen molar-refractivity contribution >= 4 is 11.9 Å². The van der Waals surface area contributed by atoms with Gasteiger partial charge in [-0.25, -0.2) is 4.79 Å². The summed E-state index contributed by atoms with van der Waals surface area (Å²) in [6.45, 7) is 1.95. The first-order valence-electron chi connectivity index (χ1n) is 6.47. The number of aryl methyl sites for hydroxylation is 1. The van der Waals surface area contributed by atoms with E-state index in [1.165, 1.54) is 0 Å². The van der Waals surface area contributed by atoms with Crippen molar-refractivity contribution in [2.24, 2.45) is 5.73 Å². The van der Waals surface area contributed by atoms with E-state index < -0.39 is 6.03 Å². The van der Waals surface area contributed by atoms with Crippen LogP contribution in [0.3, 0.4) is 0 Å². The molecule has 1 atom stereocenters. The molecule has 0 aromatic heterocycles. The molecular weight excluding hydrogens is 242 g/mol. The molecule has 102 valence electrons. The lowest BCUT2D eigenvalue weighted by Crippen LogP contribution is -2.37. The average molecular weight is 261 g/mol. The number of urea groups is 1. The zero-order valence-electron chi connectivity index (χ0n) is 11.0. The van der Waals surface area contributed by atoms with Gasteiger partial charge in [-0.2, -0.15) is 0 Å². The number of nitrogens with two attached hydrogens (primary N) is 1. The van der Waals surface area contributed by atoms with E-state index in [0.29, 0.717) is 6.04 Å². The smallest absolute Gasteiger partial charge is 0.312 e. The predicted molar refractivity (Wildman–Crippen MR) is 72.4 cm³/mol. The summed E-state index contributed by atoms with van der Waals surface area (Å²) >= 11 is 0. The maximum atomic E-state index is 11.9. The normalized spacial score (nSPS) is 15.6. The number of nitrogens with one attached hydrogen (secondary N) is 2. The lowest BCUT2D eigenvalue weighted by molar-refractivity contribution is -0.121. The fraction of sp³-hybridized carbons (Fsp3) is 0.429. The average Bonchev–Trinajstić information content (AvgIpc) is 3.12. The minimum atomic E-state index is -0.618. The highest BCUT2D eigenvalue weighted by Gasteiger charge is 2.25. The van der Waals surface area contributed by atoms with E-state index in [9.17, 15) is 9.59 Å². The highest BCUT2D eigenvalue weighted by atomic mass is 16.2. The van der Waals surface area contributed by atoms with Crippen LogP contribution in [0.25, 0.3) is 0 Å². The molecule has 3 amide bonds. The molecule has 19 heavy (non-hydrogen) atoms. The third-order valence-corrected chi connectivity index (χ3v) is 3.21. The van der Waals surface area contributed by atoms with E-state index in [0.717, 1.165) is 24.0 Å². The van der Waals surface area contributed by atoms with Gasteiger partial charge in [0.2, 0.25) is 5.91 Å². The second-order valence-corrected chi connectivity index (χ2v) is 4.96. The molecule has 0 aliphatic heterocycles. The SMILES string of the molecule is Cc1ccccc1[C@H](CC(=O)NC1CC1)NC(N)=O. The molecule has 0 bridgehead atoms. The third kappa shape index (κ3) is 3.98. The molecule has 1 aromatic carbocycles. The van der Waals surface area contributed by atoms with Crippen LogP contribution < -0.4 is 16.4 Å². The summed E-state index contributed by atoms with van der Waals surface area (Å²) in [5.74, 6) is -0.0514. The Hall–Kier alpha value is -2.04. The van der Waals surface area contributed by atoms with E-state index in [1.54, 1.807) is 0 Å². The molecule has 1 saturated carbocycles. The summed E-state index contributed by atoms with van der Waals surface area (Å²) in [5.41, 5.74) is 7.14. The number of hydrogen-bond donors (Lipinski definition) is 3. The lowest BCUT2D eigenvalue weighted by Gasteiger charge is -2.19. The molecule has 1 fully saturated rings. The van der Waals surface area contributed by atoms with Crippen LogP contribution in [-0.2, 0) is 4.79 Å². The van der Waals surface area contributed by atoms with Gasteiger partial charge in [0, 0.05) is 6.04 Å². The summed E-state index contributed by atoms with van der Waals surface area (Å²) in [7, 11) is 0. The van der Waals surface area contributed by atoms with Crippen molar-refractivity contribution in [2.45, 2.75) is 38.3 Å². The fourth-order valence-electron chi connectivity index (χ4n) is 2.09. The van der Waals surface area contributed by atoms with Crippen LogP contribution >= 0.6 is 0 Å². The zero-order valence-corrected chi connectivity index (χ0v) is 11.0. The Morgan fingerprint density at radius 3 is 2.63 bits per heavy atom. The number of benzene rings is 1. The van der Waals surface area contributed by atoms with Gasteiger partial charge in [-0.1, -0.05) is 24.3 Å². The minimum absolute atomic E-state index is 0.0514. The first kappa shape index (κ1) is 13.4. The Balaban J connectivity index is 2.08. The van der Waals surface area contributed by atoms with E-state index in [-0.39, 0.29) is 18.4 Å².